The first kappa shape index (κ1) is 14.7. The summed E-state index contributed by atoms with van der Waals surface area (Å²) in [6.07, 6.45) is 2.49. The highest BCUT2D eigenvalue weighted by Gasteiger charge is 2.18. The largest absolute Gasteiger partial charge is 0.481 e. The lowest BCUT2D eigenvalue weighted by molar-refractivity contribution is 0.184. The van der Waals surface area contributed by atoms with Gasteiger partial charge in [-0.1, -0.05) is 32.9 Å². The molecule has 1 unspecified atom stereocenters. The molecule has 0 aliphatic heterocycles. The van der Waals surface area contributed by atoms with Crippen LogP contribution in [0.5, 0.6) is 5.75 Å². The van der Waals surface area contributed by atoms with Crippen molar-refractivity contribution in [3.05, 3.63) is 54.0 Å². The van der Waals surface area contributed by atoms with Crippen molar-refractivity contribution in [2.75, 3.05) is 6.54 Å². The summed E-state index contributed by atoms with van der Waals surface area (Å²) in [5.74, 6) is 1.57. The second-order valence-electron chi connectivity index (χ2n) is 5.62. The van der Waals surface area contributed by atoms with E-state index in [0.717, 1.165) is 17.9 Å². The first-order valence-electron chi connectivity index (χ1n) is 7.07. The van der Waals surface area contributed by atoms with Gasteiger partial charge in [0.05, 0.1) is 6.26 Å². The summed E-state index contributed by atoms with van der Waals surface area (Å²) in [6, 6.07) is 12.0. The lowest BCUT2D eigenvalue weighted by Crippen LogP contribution is -2.18. The molecule has 0 spiro atoms. The molecule has 0 radical (unpaired) electrons. The molecule has 0 saturated heterocycles. The molecule has 1 atom stereocenters. The minimum atomic E-state index is -0.241. The van der Waals surface area contributed by atoms with Gasteiger partial charge in [0.25, 0.3) is 0 Å². The molecule has 0 fully saturated rings. The van der Waals surface area contributed by atoms with Gasteiger partial charge >= 0.3 is 0 Å². The van der Waals surface area contributed by atoms with Crippen molar-refractivity contribution < 1.29 is 9.15 Å². The van der Waals surface area contributed by atoms with Crippen LogP contribution in [0.4, 0.5) is 0 Å². The fourth-order valence-corrected chi connectivity index (χ4v) is 2.05. The zero-order valence-corrected chi connectivity index (χ0v) is 12.4. The van der Waals surface area contributed by atoms with E-state index in [2.05, 4.69) is 32.9 Å². The van der Waals surface area contributed by atoms with Crippen LogP contribution in [0.2, 0.25) is 0 Å². The van der Waals surface area contributed by atoms with Gasteiger partial charge < -0.3 is 14.9 Å². The van der Waals surface area contributed by atoms with Crippen molar-refractivity contribution in [1.82, 2.24) is 0 Å². The zero-order valence-electron chi connectivity index (χ0n) is 12.4. The Bertz CT molecular complexity index is 514. The van der Waals surface area contributed by atoms with E-state index in [-0.39, 0.29) is 11.5 Å². The van der Waals surface area contributed by atoms with Crippen molar-refractivity contribution >= 4 is 0 Å². The van der Waals surface area contributed by atoms with Gasteiger partial charge in [-0.25, -0.2) is 0 Å². The molecule has 3 nitrogen and oxygen atoms in total. The fraction of sp³-hybridized carbons (Fsp3) is 0.412. The summed E-state index contributed by atoms with van der Waals surface area (Å²) in [5, 5.41) is 0. The van der Waals surface area contributed by atoms with Crippen LogP contribution < -0.4 is 10.5 Å². The molecule has 0 saturated carbocycles. The summed E-state index contributed by atoms with van der Waals surface area (Å²) >= 11 is 0. The molecule has 0 bridgehead atoms. The third kappa shape index (κ3) is 3.23. The predicted octanol–water partition coefficient (Wildman–Crippen LogP) is 4.05. The highest BCUT2D eigenvalue weighted by Crippen LogP contribution is 2.29. The van der Waals surface area contributed by atoms with Crippen LogP contribution in [-0.2, 0) is 5.41 Å². The number of benzene rings is 1. The van der Waals surface area contributed by atoms with Crippen molar-refractivity contribution in [3.63, 3.8) is 0 Å². The minimum absolute atomic E-state index is 0.187. The normalized spacial score (nSPS) is 13.2. The number of nitrogens with two attached hydrogens (primary N) is 1. The van der Waals surface area contributed by atoms with E-state index in [9.17, 15) is 0 Å². The van der Waals surface area contributed by atoms with Crippen LogP contribution in [0.3, 0.4) is 0 Å². The Labute approximate surface area is 120 Å². The Hall–Kier alpha value is -1.74. The van der Waals surface area contributed by atoms with Crippen LogP contribution >= 0.6 is 0 Å². The molecule has 3 heteroatoms. The molecule has 0 aliphatic rings. The summed E-state index contributed by atoms with van der Waals surface area (Å²) in [4.78, 5) is 0. The van der Waals surface area contributed by atoms with E-state index in [1.54, 1.807) is 6.26 Å². The summed E-state index contributed by atoms with van der Waals surface area (Å²) in [5.41, 5.74) is 7.25. The summed E-state index contributed by atoms with van der Waals surface area (Å²) in [7, 11) is 0. The second-order valence-corrected chi connectivity index (χ2v) is 5.62. The maximum absolute atomic E-state index is 5.89. The van der Waals surface area contributed by atoms with E-state index in [4.69, 9.17) is 14.9 Å². The van der Waals surface area contributed by atoms with Gasteiger partial charge in [0.15, 0.2) is 6.10 Å². The van der Waals surface area contributed by atoms with Crippen LogP contribution in [0.25, 0.3) is 0 Å². The molecule has 0 amide bonds. The van der Waals surface area contributed by atoms with Crippen molar-refractivity contribution in [2.45, 2.75) is 38.7 Å². The van der Waals surface area contributed by atoms with Crippen LogP contribution in [0.15, 0.2) is 47.1 Å². The summed E-state index contributed by atoms with van der Waals surface area (Å²) < 4.78 is 11.2. The monoisotopic (exact) mass is 273 g/mol. The molecule has 1 aromatic carbocycles. The van der Waals surface area contributed by atoms with Crippen LogP contribution in [0.1, 0.15) is 44.6 Å². The van der Waals surface area contributed by atoms with E-state index >= 15 is 0 Å². The topological polar surface area (TPSA) is 48.4 Å². The average molecular weight is 273 g/mol. The molecule has 1 heterocycles. The maximum Gasteiger partial charge on any atom is 0.168 e. The lowest BCUT2D eigenvalue weighted by Gasteiger charge is -2.24. The quantitative estimate of drug-likeness (QED) is 0.864. The lowest BCUT2D eigenvalue weighted by atomic mass is 9.82. The Morgan fingerprint density at radius 1 is 1.20 bits per heavy atom. The average Bonchev–Trinajstić information content (AvgIpc) is 2.99. The Kier molecular flexibility index (Phi) is 4.50. The fourth-order valence-electron chi connectivity index (χ4n) is 2.05. The van der Waals surface area contributed by atoms with E-state index < -0.39 is 0 Å². The van der Waals surface area contributed by atoms with Gasteiger partial charge in [-0.05, 0) is 41.7 Å². The zero-order chi connectivity index (χ0) is 14.6. The van der Waals surface area contributed by atoms with Gasteiger partial charge in [0, 0.05) is 6.54 Å². The highest BCUT2D eigenvalue weighted by atomic mass is 16.5. The highest BCUT2D eigenvalue weighted by molar-refractivity contribution is 5.32. The molecule has 20 heavy (non-hydrogen) atoms. The Morgan fingerprint density at radius 2 is 1.90 bits per heavy atom. The third-order valence-corrected chi connectivity index (χ3v) is 3.87. The first-order chi connectivity index (χ1) is 9.56. The number of ether oxygens (including phenoxy) is 1. The molecule has 1 aromatic heterocycles. The van der Waals surface area contributed by atoms with Gasteiger partial charge in [0.1, 0.15) is 11.5 Å². The Morgan fingerprint density at radius 3 is 2.40 bits per heavy atom. The first-order valence-corrected chi connectivity index (χ1v) is 7.07. The standard InChI is InChI=1S/C17H23NO2/c1-4-17(2,3)13-7-9-14(10-8-13)20-16(12-18)15-6-5-11-19-15/h5-11,16H,4,12,18H2,1-3H3. The van der Waals surface area contributed by atoms with Gasteiger partial charge in [-0.3, -0.25) is 0 Å². The molecular weight excluding hydrogens is 250 g/mol. The van der Waals surface area contributed by atoms with Crippen molar-refractivity contribution in [3.8, 4) is 5.75 Å². The van der Waals surface area contributed by atoms with Gasteiger partial charge in [-0.15, -0.1) is 0 Å². The number of hydrogen-bond acceptors (Lipinski definition) is 3. The van der Waals surface area contributed by atoms with E-state index in [1.807, 2.05) is 24.3 Å². The second kappa shape index (κ2) is 6.14. The van der Waals surface area contributed by atoms with Crippen LogP contribution in [0, 0.1) is 0 Å². The number of hydrogen-bond donors (Lipinski definition) is 1. The molecular formula is C17H23NO2. The number of rotatable bonds is 6. The summed E-state index contributed by atoms with van der Waals surface area (Å²) in [6.45, 7) is 7.07. The minimum Gasteiger partial charge on any atom is -0.481 e. The van der Waals surface area contributed by atoms with Crippen molar-refractivity contribution in [2.24, 2.45) is 5.73 Å². The molecule has 2 N–H and O–H groups in total. The third-order valence-electron chi connectivity index (χ3n) is 3.87. The smallest absolute Gasteiger partial charge is 0.168 e. The Balaban J connectivity index is 2.11. The SMILES string of the molecule is CCC(C)(C)c1ccc(OC(CN)c2ccco2)cc1. The van der Waals surface area contributed by atoms with Crippen molar-refractivity contribution in [1.29, 1.82) is 0 Å². The molecule has 2 aromatic rings. The molecule has 108 valence electrons. The van der Waals surface area contributed by atoms with E-state index in [0.29, 0.717) is 6.54 Å². The molecule has 0 aliphatic carbocycles. The predicted molar refractivity (Wildman–Crippen MR) is 80.9 cm³/mol. The van der Waals surface area contributed by atoms with Gasteiger partial charge in [-0.2, -0.15) is 0 Å². The van der Waals surface area contributed by atoms with E-state index in [1.165, 1.54) is 5.56 Å². The van der Waals surface area contributed by atoms with Gasteiger partial charge in [0.2, 0.25) is 0 Å². The van der Waals surface area contributed by atoms with Crippen LogP contribution in [-0.4, -0.2) is 6.54 Å². The number of furan rings is 1. The molecule has 2 rings (SSSR count). The maximum atomic E-state index is 5.89.